The minimum Gasteiger partial charge on any atom is -0.317 e. The fourth-order valence-electron chi connectivity index (χ4n) is 2.42. The molecule has 1 fully saturated rings. The van der Waals surface area contributed by atoms with E-state index in [0.29, 0.717) is 0 Å². The van der Waals surface area contributed by atoms with Gasteiger partial charge in [-0.05, 0) is 45.8 Å². The molecule has 1 N–H and O–H groups in total. The number of rotatable bonds is 8. The largest absolute Gasteiger partial charge is 0.317 e. The molecule has 0 saturated carbocycles. The minimum atomic E-state index is 0.767. The van der Waals surface area contributed by atoms with Crippen molar-refractivity contribution in [1.29, 1.82) is 0 Å². The molecule has 0 bridgehead atoms. The maximum absolute atomic E-state index is 3.47. The summed E-state index contributed by atoms with van der Waals surface area (Å²) in [5, 5.41) is 3.47. The Morgan fingerprint density at radius 1 is 1.06 bits per heavy atom. The molecule has 0 amide bonds. The molecule has 0 spiro atoms. The third-order valence-electron chi connectivity index (χ3n) is 3.88. The van der Waals surface area contributed by atoms with Crippen molar-refractivity contribution < 1.29 is 0 Å². The molecule has 1 aliphatic rings. The molecule has 1 unspecified atom stereocenters. The molecule has 0 aliphatic carbocycles. The second-order valence-corrected chi connectivity index (χ2v) is 5.24. The van der Waals surface area contributed by atoms with E-state index < -0.39 is 0 Å². The number of hydrogen-bond acceptors (Lipinski definition) is 3. The molecule has 0 aromatic carbocycles. The quantitative estimate of drug-likeness (QED) is 0.654. The van der Waals surface area contributed by atoms with Gasteiger partial charge in [-0.15, -0.1) is 0 Å². The van der Waals surface area contributed by atoms with E-state index >= 15 is 0 Å². The van der Waals surface area contributed by atoms with E-state index in [9.17, 15) is 0 Å². The summed E-state index contributed by atoms with van der Waals surface area (Å²) < 4.78 is 0. The molecule has 3 heteroatoms. The monoisotopic (exact) mass is 241 g/mol. The lowest BCUT2D eigenvalue weighted by molar-refractivity contribution is 0.0999. The van der Waals surface area contributed by atoms with Crippen molar-refractivity contribution >= 4 is 0 Å². The molecule has 102 valence electrons. The van der Waals surface area contributed by atoms with Gasteiger partial charge in [-0.2, -0.15) is 0 Å². The highest BCUT2D eigenvalue weighted by molar-refractivity contribution is 4.75. The normalized spacial score (nSPS) is 20.6. The molecule has 1 aliphatic heterocycles. The van der Waals surface area contributed by atoms with E-state index in [-0.39, 0.29) is 0 Å². The molecule has 0 radical (unpaired) electrons. The first-order valence-electron chi connectivity index (χ1n) is 7.45. The van der Waals surface area contributed by atoms with Crippen LogP contribution in [0.25, 0.3) is 0 Å². The van der Waals surface area contributed by atoms with Crippen molar-refractivity contribution in [3.63, 3.8) is 0 Å². The van der Waals surface area contributed by atoms with Crippen LogP contribution in [0.3, 0.4) is 0 Å². The molecular formula is C14H31N3. The number of nitrogens with one attached hydrogen (secondary N) is 1. The van der Waals surface area contributed by atoms with Gasteiger partial charge in [0.1, 0.15) is 0 Å². The Bertz CT molecular complexity index is 176. The van der Waals surface area contributed by atoms with Crippen molar-refractivity contribution in [2.24, 2.45) is 0 Å². The summed E-state index contributed by atoms with van der Waals surface area (Å²) >= 11 is 0. The second kappa shape index (κ2) is 8.90. The van der Waals surface area contributed by atoms with Crippen molar-refractivity contribution in [3.8, 4) is 0 Å². The first kappa shape index (κ1) is 14.9. The molecule has 3 nitrogen and oxygen atoms in total. The lowest BCUT2D eigenvalue weighted by Gasteiger charge is -2.37. The van der Waals surface area contributed by atoms with E-state index in [2.05, 4.69) is 35.9 Å². The van der Waals surface area contributed by atoms with Crippen LogP contribution >= 0.6 is 0 Å². The Morgan fingerprint density at radius 2 is 1.76 bits per heavy atom. The predicted molar refractivity (Wildman–Crippen MR) is 75.5 cm³/mol. The molecule has 1 rings (SSSR count). The van der Waals surface area contributed by atoms with Crippen molar-refractivity contribution in [3.05, 3.63) is 0 Å². The Kier molecular flexibility index (Phi) is 7.82. The summed E-state index contributed by atoms with van der Waals surface area (Å²) in [7, 11) is 0. The molecular weight excluding hydrogens is 210 g/mol. The SMILES string of the molecule is CCCNCCCN1CCN(C(C)CC)CC1. The van der Waals surface area contributed by atoms with E-state index in [0.717, 1.165) is 6.04 Å². The zero-order chi connectivity index (χ0) is 12.5. The molecule has 1 heterocycles. The van der Waals surface area contributed by atoms with Gasteiger partial charge in [-0.25, -0.2) is 0 Å². The van der Waals surface area contributed by atoms with E-state index in [1.807, 2.05) is 0 Å². The summed E-state index contributed by atoms with van der Waals surface area (Å²) in [6, 6.07) is 0.767. The maximum Gasteiger partial charge on any atom is 0.0113 e. The summed E-state index contributed by atoms with van der Waals surface area (Å²) in [5.74, 6) is 0. The average Bonchev–Trinajstić information content (AvgIpc) is 2.38. The van der Waals surface area contributed by atoms with Gasteiger partial charge in [0.2, 0.25) is 0 Å². The summed E-state index contributed by atoms with van der Waals surface area (Å²) in [6.07, 6.45) is 3.82. The fourth-order valence-corrected chi connectivity index (χ4v) is 2.42. The van der Waals surface area contributed by atoms with E-state index in [1.54, 1.807) is 0 Å². The van der Waals surface area contributed by atoms with E-state index in [4.69, 9.17) is 0 Å². The van der Waals surface area contributed by atoms with Crippen molar-refractivity contribution in [2.75, 3.05) is 45.8 Å². The first-order chi connectivity index (χ1) is 8.27. The van der Waals surface area contributed by atoms with Crippen LogP contribution in [0.1, 0.15) is 40.0 Å². The highest BCUT2D eigenvalue weighted by atomic mass is 15.3. The number of nitrogens with zero attached hydrogens (tertiary/aromatic N) is 2. The summed E-state index contributed by atoms with van der Waals surface area (Å²) in [6.45, 7) is 15.5. The summed E-state index contributed by atoms with van der Waals surface area (Å²) in [5.41, 5.74) is 0. The molecule has 17 heavy (non-hydrogen) atoms. The van der Waals surface area contributed by atoms with Crippen LogP contribution in [0.4, 0.5) is 0 Å². The highest BCUT2D eigenvalue weighted by Crippen LogP contribution is 2.08. The van der Waals surface area contributed by atoms with E-state index in [1.165, 1.54) is 65.1 Å². The van der Waals surface area contributed by atoms with Gasteiger partial charge in [-0.1, -0.05) is 13.8 Å². The van der Waals surface area contributed by atoms with Crippen LogP contribution in [0, 0.1) is 0 Å². The Balaban J connectivity index is 2.03. The molecule has 1 atom stereocenters. The fraction of sp³-hybridized carbons (Fsp3) is 1.00. The second-order valence-electron chi connectivity index (χ2n) is 5.24. The van der Waals surface area contributed by atoms with Gasteiger partial charge in [0.05, 0.1) is 0 Å². The van der Waals surface area contributed by atoms with Gasteiger partial charge in [0, 0.05) is 32.2 Å². The highest BCUT2D eigenvalue weighted by Gasteiger charge is 2.19. The smallest absolute Gasteiger partial charge is 0.0113 e. The Labute approximate surface area is 108 Å². The van der Waals surface area contributed by atoms with Gasteiger partial charge >= 0.3 is 0 Å². The standard InChI is InChI=1S/C14H31N3/c1-4-7-15-8-6-9-16-10-12-17(13-11-16)14(3)5-2/h14-15H,4-13H2,1-3H3. The molecule has 0 aromatic heterocycles. The van der Waals surface area contributed by atoms with Crippen LogP contribution in [-0.4, -0.2) is 61.7 Å². The lowest BCUT2D eigenvalue weighted by Crippen LogP contribution is -2.49. The summed E-state index contributed by atoms with van der Waals surface area (Å²) in [4.78, 5) is 5.25. The molecule has 0 aromatic rings. The van der Waals surface area contributed by atoms with Crippen LogP contribution in [0.2, 0.25) is 0 Å². The predicted octanol–water partition coefficient (Wildman–Crippen LogP) is 1.79. The van der Waals surface area contributed by atoms with Crippen LogP contribution in [0.5, 0.6) is 0 Å². The third-order valence-corrected chi connectivity index (χ3v) is 3.88. The minimum absolute atomic E-state index is 0.767. The first-order valence-corrected chi connectivity index (χ1v) is 7.45. The zero-order valence-electron chi connectivity index (χ0n) is 12.0. The van der Waals surface area contributed by atoms with Crippen LogP contribution in [-0.2, 0) is 0 Å². The average molecular weight is 241 g/mol. The lowest BCUT2D eigenvalue weighted by atomic mass is 10.2. The van der Waals surface area contributed by atoms with Crippen LogP contribution in [0.15, 0.2) is 0 Å². The zero-order valence-corrected chi connectivity index (χ0v) is 12.0. The topological polar surface area (TPSA) is 18.5 Å². The third kappa shape index (κ3) is 5.84. The Hall–Kier alpha value is -0.120. The van der Waals surface area contributed by atoms with Gasteiger partial charge in [0.25, 0.3) is 0 Å². The van der Waals surface area contributed by atoms with Gasteiger partial charge in [-0.3, -0.25) is 4.90 Å². The number of piperazine rings is 1. The van der Waals surface area contributed by atoms with Crippen molar-refractivity contribution in [2.45, 2.75) is 46.1 Å². The molecule has 1 saturated heterocycles. The van der Waals surface area contributed by atoms with Gasteiger partial charge < -0.3 is 10.2 Å². The van der Waals surface area contributed by atoms with Crippen LogP contribution < -0.4 is 5.32 Å². The van der Waals surface area contributed by atoms with Crippen molar-refractivity contribution in [1.82, 2.24) is 15.1 Å². The Morgan fingerprint density at radius 3 is 2.35 bits per heavy atom. The van der Waals surface area contributed by atoms with Gasteiger partial charge in [0.15, 0.2) is 0 Å². The number of hydrogen-bond donors (Lipinski definition) is 1. The maximum atomic E-state index is 3.47.